The van der Waals surface area contributed by atoms with Gasteiger partial charge in [0.15, 0.2) is 0 Å². The Morgan fingerprint density at radius 3 is 2.67 bits per heavy atom. The Morgan fingerprint density at radius 2 is 2.06 bits per heavy atom. The Morgan fingerprint density at radius 1 is 1.28 bits per heavy atom. The lowest BCUT2D eigenvalue weighted by atomic mass is 10.3. The molecule has 0 spiro atoms. The molecule has 0 unspecified atom stereocenters. The average Bonchev–Trinajstić information content (AvgIpc) is 2.74. The van der Waals surface area contributed by atoms with E-state index in [9.17, 15) is 10.1 Å². The molecule has 0 fully saturated rings. The second kappa shape index (κ2) is 5.81. The van der Waals surface area contributed by atoms with E-state index >= 15 is 0 Å². The maximum atomic E-state index is 10.7. The Bertz CT molecular complexity index is 585. The SMILES string of the molecule is O=[N+]([O-])c1ccc(Br)c(OCc2ccc(Br)s2)c1. The summed E-state index contributed by atoms with van der Waals surface area (Å²) in [5, 5.41) is 10.7. The summed E-state index contributed by atoms with van der Waals surface area (Å²) in [6.07, 6.45) is 0. The third-order valence-electron chi connectivity index (χ3n) is 2.12. The van der Waals surface area contributed by atoms with Crippen molar-refractivity contribution in [3.63, 3.8) is 0 Å². The van der Waals surface area contributed by atoms with E-state index in [0.717, 1.165) is 8.66 Å². The highest BCUT2D eigenvalue weighted by molar-refractivity contribution is 9.11. The normalized spacial score (nSPS) is 10.3. The van der Waals surface area contributed by atoms with E-state index in [1.165, 1.54) is 12.1 Å². The number of halogens is 2. The van der Waals surface area contributed by atoms with Crippen LogP contribution in [0, 0.1) is 10.1 Å². The summed E-state index contributed by atoms with van der Waals surface area (Å²) in [4.78, 5) is 11.3. The largest absolute Gasteiger partial charge is 0.487 e. The third kappa shape index (κ3) is 3.30. The molecule has 0 amide bonds. The zero-order valence-electron chi connectivity index (χ0n) is 8.93. The Labute approximate surface area is 124 Å². The molecule has 2 aromatic rings. The van der Waals surface area contributed by atoms with Crippen LogP contribution in [-0.2, 0) is 6.61 Å². The fourth-order valence-corrected chi connectivity index (χ4v) is 3.05. The van der Waals surface area contributed by atoms with Crippen molar-refractivity contribution in [1.29, 1.82) is 0 Å². The van der Waals surface area contributed by atoms with E-state index in [4.69, 9.17) is 4.74 Å². The summed E-state index contributed by atoms with van der Waals surface area (Å²) in [5.41, 5.74) is 0.0144. The number of benzene rings is 1. The smallest absolute Gasteiger partial charge is 0.273 e. The fourth-order valence-electron chi connectivity index (χ4n) is 1.29. The average molecular weight is 393 g/mol. The van der Waals surface area contributed by atoms with Gasteiger partial charge in [-0.05, 0) is 50.1 Å². The van der Waals surface area contributed by atoms with Crippen molar-refractivity contribution in [3.05, 3.63) is 53.6 Å². The van der Waals surface area contributed by atoms with Gasteiger partial charge in [-0.25, -0.2) is 0 Å². The first-order valence-electron chi connectivity index (χ1n) is 4.87. The van der Waals surface area contributed by atoms with Crippen LogP contribution in [0.5, 0.6) is 5.75 Å². The van der Waals surface area contributed by atoms with Crippen LogP contribution in [0.2, 0.25) is 0 Å². The van der Waals surface area contributed by atoms with Crippen molar-refractivity contribution in [2.45, 2.75) is 6.61 Å². The maximum Gasteiger partial charge on any atom is 0.273 e. The number of nitrogens with zero attached hydrogens (tertiary/aromatic N) is 1. The monoisotopic (exact) mass is 391 g/mol. The quantitative estimate of drug-likeness (QED) is 0.556. The lowest BCUT2D eigenvalue weighted by Gasteiger charge is -2.06. The number of rotatable bonds is 4. The van der Waals surface area contributed by atoms with Gasteiger partial charge in [0, 0.05) is 10.9 Å². The molecule has 0 aliphatic heterocycles. The molecule has 0 saturated carbocycles. The van der Waals surface area contributed by atoms with E-state index in [1.54, 1.807) is 17.4 Å². The predicted octanol–water partition coefficient (Wildman–Crippen LogP) is 4.76. The van der Waals surface area contributed by atoms with Crippen LogP contribution in [0.15, 0.2) is 38.6 Å². The van der Waals surface area contributed by atoms with Gasteiger partial charge in [0.1, 0.15) is 12.4 Å². The van der Waals surface area contributed by atoms with E-state index in [-0.39, 0.29) is 5.69 Å². The van der Waals surface area contributed by atoms with Crippen molar-refractivity contribution in [1.82, 2.24) is 0 Å². The van der Waals surface area contributed by atoms with Crippen LogP contribution in [0.1, 0.15) is 4.88 Å². The van der Waals surface area contributed by atoms with E-state index in [2.05, 4.69) is 31.9 Å². The Kier molecular flexibility index (Phi) is 4.36. The maximum absolute atomic E-state index is 10.7. The van der Waals surface area contributed by atoms with Crippen LogP contribution in [0.25, 0.3) is 0 Å². The standard InChI is InChI=1S/C11H7Br2NO3S/c12-9-3-1-7(14(15)16)5-10(9)17-6-8-2-4-11(13)18-8/h1-5H,6H2. The minimum atomic E-state index is -0.443. The molecule has 94 valence electrons. The second-order valence-electron chi connectivity index (χ2n) is 3.37. The number of hydrogen-bond acceptors (Lipinski definition) is 4. The minimum Gasteiger partial charge on any atom is -0.487 e. The number of nitro groups is 1. The van der Waals surface area contributed by atoms with Gasteiger partial charge in [0.25, 0.3) is 5.69 Å². The molecular formula is C11H7Br2NO3S. The molecule has 0 radical (unpaired) electrons. The van der Waals surface area contributed by atoms with Crippen LogP contribution in [0.3, 0.4) is 0 Å². The molecule has 0 aliphatic rings. The summed E-state index contributed by atoms with van der Waals surface area (Å²) in [6, 6.07) is 8.33. The number of hydrogen-bond donors (Lipinski definition) is 0. The third-order valence-corrected chi connectivity index (χ3v) is 4.38. The summed E-state index contributed by atoms with van der Waals surface area (Å²) < 4.78 is 7.29. The van der Waals surface area contributed by atoms with Gasteiger partial charge in [-0.2, -0.15) is 0 Å². The molecule has 0 aliphatic carbocycles. The molecule has 1 aromatic carbocycles. The highest BCUT2D eigenvalue weighted by atomic mass is 79.9. The molecule has 0 N–H and O–H groups in total. The minimum absolute atomic E-state index is 0.0144. The predicted molar refractivity (Wildman–Crippen MR) is 77.1 cm³/mol. The highest BCUT2D eigenvalue weighted by Gasteiger charge is 2.10. The molecular weight excluding hydrogens is 386 g/mol. The fraction of sp³-hybridized carbons (Fsp3) is 0.0909. The van der Waals surface area contributed by atoms with Gasteiger partial charge in [0.2, 0.25) is 0 Å². The lowest BCUT2D eigenvalue weighted by Crippen LogP contribution is -1.95. The van der Waals surface area contributed by atoms with Crippen LogP contribution >= 0.6 is 43.2 Å². The number of thiophene rings is 1. The van der Waals surface area contributed by atoms with Crippen molar-refractivity contribution >= 4 is 48.9 Å². The van der Waals surface area contributed by atoms with E-state index in [0.29, 0.717) is 16.8 Å². The van der Waals surface area contributed by atoms with Crippen molar-refractivity contribution < 1.29 is 9.66 Å². The van der Waals surface area contributed by atoms with Crippen LogP contribution in [0.4, 0.5) is 5.69 Å². The zero-order valence-corrected chi connectivity index (χ0v) is 12.9. The van der Waals surface area contributed by atoms with Crippen LogP contribution in [-0.4, -0.2) is 4.92 Å². The molecule has 0 atom stereocenters. The molecule has 18 heavy (non-hydrogen) atoms. The van der Waals surface area contributed by atoms with Gasteiger partial charge < -0.3 is 4.74 Å². The van der Waals surface area contributed by atoms with Gasteiger partial charge >= 0.3 is 0 Å². The molecule has 2 rings (SSSR count). The highest BCUT2D eigenvalue weighted by Crippen LogP contribution is 2.31. The first-order chi connectivity index (χ1) is 8.56. The van der Waals surface area contributed by atoms with E-state index < -0.39 is 4.92 Å². The zero-order chi connectivity index (χ0) is 13.1. The number of non-ortho nitro benzene ring substituents is 1. The summed E-state index contributed by atoms with van der Waals surface area (Å²) >= 11 is 8.24. The van der Waals surface area contributed by atoms with Gasteiger partial charge in [-0.15, -0.1) is 11.3 Å². The van der Waals surface area contributed by atoms with Gasteiger partial charge in [-0.1, -0.05) is 0 Å². The molecule has 0 bridgehead atoms. The van der Waals surface area contributed by atoms with E-state index in [1.807, 2.05) is 12.1 Å². The molecule has 7 heteroatoms. The van der Waals surface area contributed by atoms with Gasteiger partial charge in [0.05, 0.1) is 19.2 Å². The van der Waals surface area contributed by atoms with Crippen molar-refractivity contribution in [2.75, 3.05) is 0 Å². The molecule has 4 nitrogen and oxygen atoms in total. The summed E-state index contributed by atoms with van der Waals surface area (Å²) in [7, 11) is 0. The Balaban J connectivity index is 2.13. The molecule has 1 aromatic heterocycles. The van der Waals surface area contributed by atoms with Crippen molar-refractivity contribution in [2.24, 2.45) is 0 Å². The molecule has 0 saturated heterocycles. The van der Waals surface area contributed by atoms with Crippen LogP contribution < -0.4 is 4.74 Å². The topological polar surface area (TPSA) is 52.4 Å². The second-order valence-corrected chi connectivity index (χ2v) is 6.77. The summed E-state index contributed by atoms with van der Waals surface area (Å²) in [5.74, 6) is 0.466. The van der Waals surface area contributed by atoms with Crippen molar-refractivity contribution in [3.8, 4) is 5.75 Å². The summed E-state index contributed by atoms with van der Waals surface area (Å²) in [6.45, 7) is 0.385. The number of nitro benzene ring substituents is 1. The van der Waals surface area contributed by atoms with Gasteiger partial charge in [-0.3, -0.25) is 10.1 Å². The first-order valence-corrected chi connectivity index (χ1v) is 7.27. The number of ether oxygens (including phenoxy) is 1. The first kappa shape index (κ1) is 13.5. The Hall–Kier alpha value is -0.920. The lowest BCUT2D eigenvalue weighted by molar-refractivity contribution is -0.385. The molecule has 1 heterocycles.